The average Bonchev–Trinajstić information content (AvgIpc) is 1.99. The fraction of sp³-hybridized carbons (Fsp3) is 0.875. The van der Waals surface area contributed by atoms with Gasteiger partial charge in [0, 0.05) is 20.3 Å². The SMILES string of the molecule is COCCCOC(C)CC#N. The molecule has 3 heteroatoms. The predicted molar refractivity (Wildman–Crippen MR) is 42.1 cm³/mol. The predicted octanol–water partition coefficient (Wildman–Crippen LogP) is 1.34. The van der Waals surface area contributed by atoms with E-state index in [1.165, 1.54) is 0 Å². The Hall–Kier alpha value is -0.590. The molecule has 0 aromatic carbocycles. The molecule has 0 radical (unpaired) electrons. The lowest BCUT2D eigenvalue weighted by Crippen LogP contribution is -2.09. The van der Waals surface area contributed by atoms with Crippen molar-refractivity contribution in [3.63, 3.8) is 0 Å². The van der Waals surface area contributed by atoms with Gasteiger partial charge in [0.1, 0.15) is 0 Å². The molecule has 0 amide bonds. The maximum absolute atomic E-state index is 8.28. The summed E-state index contributed by atoms with van der Waals surface area (Å²) in [5.74, 6) is 0. The minimum Gasteiger partial charge on any atom is -0.385 e. The third-order valence-electron chi connectivity index (χ3n) is 1.27. The van der Waals surface area contributed by atoms with Crippen molar-refractivity contribution in [3.05, 3.63) is 0 Å². The van der Waals surface area contributed by atoms with Crippen molar-refractivity contribution in [3.8, 4) is 6.07 Å². The molecule has 0 aromatic heterocycles. The molecule has 0 saturated carbocycles. The second-order valence-electron chi connectivity index (χ2n) is 2.39. The molecule has 0 heterocycles. The van der Waals surface area contributed by atoms with Crippen LogP contribution in [0.1, 0.15) is 19.8 Å². The van der Waals surface area contributed by atoms with Gasteiger partial charge in [-0.15, -0.1) is 0 Å². The normalized spacial score (nSPS) is 12.5. The van der Waals surface area contributed by atoms with Crippen LogP contribution in [0.4, 0.5) is 0 Å². The second kappa shape index (κ2) is 7.52. The van der Waals surface area contributed by atoms with Crippen LogP contribution in [0, 0.1) is 11.3 Å². The van der Waals surface area contributed by atoms with Crippen LogP contribution < -0.4 is 0 Å². The standard InChI is InChI=1S/C8H15NO2/c1-8(4-5-9)11-7-3-6-10-2/h8H,3-4,6-7H2,1-2H3. The van der Waals surface area contributed by atoms with Crippen LogP contribution in [-0.4, -0.2) is 26.4 Å². The van der Waals surface area contributed by atoms with Crippen molar-refractivity contribution in [2.75, 3.05) is 20.3 Å². The lowest BCUT2D eigenvalue weighted by molar-refractivity contribution is 0.0531. The Morgan fingerprint density at radius 3 is 2.73 bits per heavy atom. The van der Waals surface area contributed by atoms with Gasteiger partial charge in [-0.05, 0) is 13.3 Å². The quantitative estimate of drug-likeness (QED) is 0.546. The summed E-state index contributed by atoms with van der Waals surface area (Å²) >= 11 is 0. The largest absolute Gasteiger partial charge is 0.385 e. The van der Waals surface area contributed by atoms with Gasteiger partial charge in [-0.25, -0.2) is 0 Å². The Morgan fingerprint density at radius 2 is 2.18 bits per heavy atom. The van der Waals surface area contributed by atoms with E-state index < -0.39 is 0 Å². The Kier molecular flexibility index (Phi) is 7.11. The molecule has 0 aliphatic rings. The summed E-state index contributed by atoms with van der Waals surface area (Å²) in [6.45, 7) is 3.30. The summed E-state index contributed by atoms with van der Waals surface area (Å²) in [4.78, 5) is 0. The summed E-state index contributed by atoms with van der Waals surface area (Å²) in [5.41, 5.74) is 0. The minimum atomic E-state index is 0.0526. The molecule has 0 rings (SSSR count). The minimum absolute atomic E-state index is 0.0526. The van der Waals surface area contributed by atoms with Crippen molar-refractivity contribution >= 4 is 0 Å². The second-order valence-corrected chi connectivity index (χ2v) is 2.39. The third-order valence-corrected chi connectivity index (χ3v) is 1.27. The van der Waals surface area contributed by atoms with Crippen LogP contribution in [0.3, 0.4) is 0 Å². The van der Waals surface area contributed by atoms with Crippen molar-refractivity contribution in [2.24, 2.45) is 0 Å². The van der Waals surface area contributed by atoms with E-state index in [0.717, 1.165) is 13.0 Å². The zero-order valence-corrected chi connectivity index (χ0v) is 7.17. The topological polar surface area (TPSA) is 42.2 Å². The first-order valence-electron chi connectivity index (χ1n) is 3.78. The van der Waals surface area contributed by atoms with Crippen molar-refractivity contribution in [1.82, 2.24) is 0 Å². The molecular weight excluding hydrogens is 142 g/mol. The number of ether oxygens (including phenoxy) is 2. The van der Waals surface area contributed by atoms with Gasteiger partial charge < -0.3 is 9.47 Å². The first kappa shape index (κ1) is 10.4. The molecule has 0 aliphatic carbocycles. The molecule has 0 fully saturated rings. The summed E-state index contributed by atoms with van der Waals surface area (Å²) in [6.07, 6.45) is 1.41. The molecular formula is C8H15NO2. The lowest BCUT2D eigenvalue weighted by atomic mass is 10.3. The molecule has 64 valence electrons. The van der Waals surface area contributed by atoms with E-state index in [1.807, 2.05) is 6.92 Å². The number of rotatable bonds is 6. The zero-order valence-electron chi connectivity index (χ0n) is 7.17. The maximum Gasteiger partial charge on any atom is 0.0676 e. The molecule has 11 heavy (non-hydrogen) atoms. The van der Waals surface area contributed by atoms with E-state index >= 15 is 0 Å². The van der Waals surface area contributed by atoms with E-state index in [9.17, 15) is 0 Å². The summed E-state index contributed by atoms with van der Waals surface area (Å²) in [6, 6.07) is 2.05. The molecule has 1 unspecified atom stereocenters. The molecule has 1 atom stereocenters. The Morgan fingerprint density at radius 1 is 1.45 bits per heavy atom. The average molecular weight is 157 g/mol. The van der Waals surface area contributed by atoms with Gasteiger partial charge in [-0.2, -0.15) is 5.26 Å². The maximum atomic E-state index is 8.28. The van der Waals surface area contributed by atoms with Crippen LogP contribution in [-0.2, 0) is 9.47 Å². The Balaban J connectivity index is 3.05. The molecule has 0 N–H and O–H groups in total. The Labute approximate surface area is 67.9 Å². The van der Waals surface area contributed by atoms with E-state index in [1.54, 1.807) is 7.11 Å². The first-order chi connectivity index (χ1) is 5.31. The molecule has 0 aromatic rings. The van der Waals surface area contributed by atoms with Gasteiger partial charge in [0.05, 0.1) is 18.6 Å². The third kappa shape index (κ3) is 7.31. The zero-order chi connectivity index (χ0) is 8.53. The monoisotopic (exact) mass is 157 g/mol. The van der Waals surface area contributed by atoms with E-state index in [-0.39, 0.29) is 6.10 Å². The first-order valence-corrected chi connectivity index (χ1v) is 3.78. The van der Waals surface area contributed by atoms with Crippen molar-refractivity contribution in [1.29, 1.82) is 5.26 Å². The van der Waals surface area contributed by atoms with Crippen LogP contribution in [0.25, 0.3) is 0 Å². The van der Waals surface area contributed by atoms with Crippen molar-refractivity contribution < 1.29 is 9.47 Å². The van der Waals surface area contributed by atoms with Crippen LogP contribution in [0.15, 0.2) is 0 Å². The van der Waals surface area contributed by atoms with Crippen LogP contribution >= 0.6 is 0 Å². The number of nitriles is 1. The summed E-state index contributed by atoms with van der Waals surface area (Å²) in [5, 5.41) is 8.28. The molecule has 3 nitrogen and oxygen atoms in total. The van der Waals surface area contributed by atoms with Gasteiger partial charge in [0.2, 0.25) is 0 Å². The fourth-order valence-corrected chi connectivity index (χ4v) is 0.675. The highest BCUT2D eigenvalue weighted by atomic mass is 16.5. The fourth-order valence-electron chi connectivity index (χ4n) is 0.675. The smallest absolute Gasteiger partial charge is 0.0676 e. The van der Waals surface area contributed by atoms with E-state index in [2.05, 4.69) is 6.07 Å². The highest BCUT2D eigenvalue weighted by Crippen LogP contribution is 1.96. The number of methoxy groups -OCH3 is 1. The molecule has 0 aliphatic heterocycles. The van der Waals surface area contributed by atoms with Gasteiger partial charge in [-0.1, -0.05) is 0 Å². The number of hydrogen-bond acceptors (Lipinski definition) is 3. The van der Waals surface area contributed by atoms with E-state index in [0.29, 0.717) is 13.0 Å². The van der Waals surface area contributed by atoms with Gasteiger partial charge in [0.15, 0.2) is 0 Å². The van der Waals surface area contributed by atoms with Gasteiger partial charge >= 0.3 is 0 Å². The van der Waals surface area contributed by atoms with Gasteiger partial charge in [0.25, 0.3) is 0 Å². The highest BCUT2D eigenvalue weighted by Gasteiger charge is 1.98. The number of hydrogen-bond donors (Lipinski definition) is 0. The highest BCUT2D eigenvalue weighted by molar-refractivity contribution is 4.73. The number of nitrogens with zero attached hydrogens (tertiary/aromatic N) is 1. The molecule has 0 saturated heterocycles. The van der Waals surface area contributed by atoms with Crippen molar-refractivity contribution in [2.45, 2.75) is 25.9 Å². The summed E-state index contributed by atoms with van der Waals surface area (Å²) < 4.78 is 10.1. The summed E-state index contributed by atoms with van der Waals surface area (Å²) in [7, 11) is 1.67. The van der Waals surface area contributed by atoms with E-state index in [4.69, 9.17) is 14.7 Å². The van der Waals surface area contributed by atoms with Crippen LogP contribution in [0.5, 0.6) is 0 Å². The van der Waals surface area contributed by atoms with Crippen LogP contribution in [0.2, 0.25) is 0 Å². The Bertz CT molecular complexity index is 120. The lowest BCUT2D eigenvalue weighted by Gasteiger charge is -2.08. The molecule has 0 bridgehead atoms. The molecule has 0 spiro atoms. The van der Waals surface area contributed by atoms with Gasteiger partial charge in [-0.3, -0.25) is 0 Å².